The van der Waals surface area contributed by atoms with E-state index < -0.39 is 0 Å². The molecule has 0 amide bonds. The summed E-state index contributed by atoms with van der Waals surface area (Å²) in [5.41, 5.74) is 3.41. The molecule has 81 valence electrons. The van der Waals surface area contributed by atoms with Crippen LogP contribution < -0.4 is 4.90 Å². The SMILES string of the molecule is [c]1nc(-c2ccc(N3CCCC3)cc2)c[nH]1. The Morgan fingerprint density at radius 1 is 1.12 bits per heavy atom. The van der Waals surface area contributed by atoms with Crippen LogP contribution >= 0.6 is 0 Å². The largest absolute Gasteiger partial charge is 0.372 e. The van der Waals surface area contributed by atoms with Gasteiger partial charge in [0.2, 0.25) is 0 Å². The molecule has 0 spiro atoms. The summed E-state index contributed by atoms with van der Waals surface area (Å²) in [7, 11) is 0. The van der Waals surface area contributed by atoms with Crippen molar-refractivity contribution in [3.63, 3.8) is 0 Å². The lowest BCUT2D eigenvalue weighted by Crippen LogP contribution is -2.17. The van der Waals surface area contributed by atoms with Crippen LogP contribution in [0, 0.1) is 6.33 Å². The molecular formula is C13H14N3. The zero-order valence-electron chi connectivity index (χ0n) is 9.11. The lowest BCUT2D eigenvalue weighted by molar-refractivity contribution is 0.949. The third-order valence-corrected chi connectivity index (χ3v) is 3.08. The standard InChI is InChI=1S/C13H14N3/c1-2-8-16(7-1)12-5-3-11(4-6-12)13-9-14-10-15-13/h3-6,9H,1-2,7-8H2,(H,14,15). The summed E-state index contributed by atoms with van der Waals surface area (Å²) < 4.78 is 0. The van der Waals surface area contributed by atoms with Gasteiger partial charge in [0.05, 0.1) is 5.69 Å². The summed E-state index contributed by atoms with van der Waals surface area (Å²) in [5.74, 6) is 0. The number of benzene rings is 1. The second kappa shape index (κ2) is 4.00. The molecule has 3 rings (SSSR count). The van der Waals surface area contributed by atoms with Gasteiger partial charge in [-0.05, 0) is 25.0 Å². The predicted molar refractivity (Wildman–Crippen MR) is 64.3 cm³/mol. The summed E-state index contributed by atoms with van der Waals surface area (Å²) in [6.45, 7) is 2.38. The summed E-state index contributed by atoms with van der Waals surface area (Å²) in [4.78, 5) is 9.40. The van der Waals surface area contributed by atoms with Crippen molar-refractivity contribution in [2.45, 2.75) is 12.8 Å². The van der Waals surface area contributed by atoms with E-state index in [0.717, 1.165) is 11.3 Å². The van der Waals surface area contributed by atoms with Crippen molar-refractivity contribution in [3.8, 4) is 11.3 Å². The number of rotatable bonds is 2. The summed E-state index contributed by atoms with van der Waals surface area (Å²) >= 11 is 0. The van der Waals surface area contributed by atoms with Gasteiger partial charge in [-0.1, -0.05) is 12.1 Å². The van der Waals surface area contributed by atoms with Crippen LogP contribution in [0.5, 0.6) is 0 Å². The van der Waals surface area contributed by atoms with Gasteiger partial charge in [0.25, 0.3) is 0 Å². The van der Waals surface area contributed by atoms with Gasteiger partial charge in [-0.25, -0.2) is 4.98 Å². The highest BCUT2D eigenvalue weighted by Gasteiger charge is 2.11. The highest BCUT2D eigenvalue weighted by Crippen LogP contribution is 2.23. The van der Waals surface area contributed by atoms with Gasteiger partial charge in [0, 0.05) is 30.5 Å². The van der Waals surface area contributed by atoms with Crippen LogP contribution in [-0.4, -0.2) is 23.1 Å². The Balaban J connectivity index is 1.84. The normalized spacial score (nSPS) is 15.6. The van der Waals surface area contributed by atoms with E-state index >= 15 is 0 Å². The van der Waals surface area contributed by atoms with Crippen molar-refractivity contribution >= 4 is 5.69 Å². The van der Waals surface area contributed by atoms with Crippen molar-refractivity contribution in [2.75, 3.05) is 18.0 Å². The third-order valence-electron chi connectivity index (χ3n) is 3.08. The molecule has 1 saturated heterocycles. The average molecular weight is 212 g/mol. The van der Waals surface area contributed by atoms with Crippen LogP contribution in [0.25, 0.3) is 11.3 Å². The Kier molecular flexibility index (Phi) is 2.37. The smallest absolute Gasteiger partial charge is 0.174 e. The van der Waals surface area contributed by atoms with E-state index in [1.165, 1.54) is 31.6 Å². The van der Waals surface area contributed by atoms with Gasteiger partial charge in [-0.3, -0.25) is 0 Å². The minimum absolute atomic E-state index is 0.952. The zero-order chi connectivity index (χ0) is 10.8. The summed E-state index contributed by atoms with van der Waals surface area (Å²) in [6.07, 6.45) is 7.21. The monoisotopic (exact) mass is 212 g/mol. The van der Waals surface area contributed by atoms with Crippen LogP contribution in [-0.2, 0) is 0 Å². The van der Waals surface area contributed by atoms with Gasteiger partial charge in [0.1, 0.15) is 0 Å². The van der Waals surface area contributed by atoms with E-state index in [-0.39, 0.29) is 0 Å². The molecule has 3 nitrogen and oxygen atoms in total. The number of aromatic amines is 1. The van der Waals surface area contributed by atoms with Crippen LogP contribution in [0.2, 0.25) is 0 Å². The molecule has 0 unspecified atom stereocenters. The molecule has 1 aromatic carbocycles. The minimum Gasteiger partial charge on any atom is -0.372 e. The maximum absolute atomic E-state index is 4.12. The first kappa shape index (κ1) is 9.46. The van der Waals surface area contributed by atoms with E-state index in [1.807, 2.05) is 6.20 Å². The van der Waals surface area contributed by atoms with Gasteiger partial charge < -0.3 is 9.88 Å². The molecule has 1 aliphatic heterocycles. The molecule has 2 heterocycles. The Morgan fingerprint density at radius 3 is 2.50 bits per heavy atom. The molecule has 16 heavy (non-hydrogen) atoms. The summed E-state index contributed by atoms with van der Waals surface area (Å²) in [6, 6.07) is 8.60. The van der Waals surface area contributed by atoms with E-state index in [4.69, 9.17) is 0 Å². The molecule has 0 bridgehead atoms. The Bertz CT molecular complexity index is 439. The number of hydrogen-bond donors (Lipinski definition) is 1. The van der Waals surface area contributed by atoms with Gasteiger partial charge in [-0.15, -0.1) is 0 Å². The zero-order valence-corrected chi connectivity index (χ0v) is 9.11. The third kappa shape index (κ3) is 1.69. The molecule has 1 aliphatic rings. The predicted octanol–water partition coefficient (Wildman–Crippen LogP) is 2.48. The summed E-state index contributed by atoms with van der Waals surface area (Å²) in [5, 5.41) is 0. The van der Waals surface area contributed by atoms with Crippen LogP contribution in [0.1, 0.15) is 12.8 Å². The highest BCUT2D eigenvalue weighted by atomic mass is 15.1. The first-order valence-corrected chi connectivity index (χ1v) is 5.70. The number of H-pyrrole nitrogens is 1. The first-order chi connectivity index (χ1) is 7.93. The Hall–Kier alpha value is -1.77. The van der Waals surface area contributed by atoms with E-state index in [0.29, 0.717) is 0 Å². The number of nitrogens with zero attached hydrogens (tertiary/aromatic N) is 2. The molecule has 0 saturated carbocycles. The van der Waals surface area contributed by atoms with Crippen molar-refractivity contribution in [1.29, 1.82) is 0 Å². The molecular weight excluding hydrogens is 198 g/mol. The van der Waals surface area contributed by atoms with Crippen molar-refractivity contribution in [3.05, 3.63) is 36.8 Å². The van der Waals surface area contributed by atoms with E-state index in [9.17, 15) is 0 Å². The molecule has 1 N–H and O–H groups in total. The highest BCUT2D eigenvalue weighted by molar-refractivity contribution is 5.62. The number of hydrogen-bond acceptors (Lipinski definition) is 2. The minimum atomic E-state index is 0.952. The number of anilines is 1. The molecule has 1 fully saturated rings. The van der Waals surface area contributed by atoms with Crippen LogP contribution in [0.3, 0.4) is 0 Å². The fourth-order valence-electron chi connectivity index (χ4n) is 2.19. The number of aromatic nitrogens is 2. The average Bonchev–Trinajstić information content (AvgIpc) is 3.03. The van der Waals surface area contributed by atoms with Gasteiger partial charge >= 0.3 is 0 Å². The maximum atomic E-state index is 4.12. The molecule has 1 radical (unpaired) electrons. The molecule has 1 aromatic heterocycles. The van der Waals surface area contributed by atoms with Gasteiger partial charge in [0.15, 0.2) is 6.33 Å². The van der Waals surface area contributed by atoms with Crippen LogP contribution in [0.4, 0.5) is 5.69 Å². The maximum Gasteiger partial charge on any atom is 0.174 e. The second-order valence-corrected chi connectivity index (χ2v) is 4.14. The van der Waals surface area contributed by atoms with Crippen LogP contribution in [0.15, 0.2) is 30.5 Å². The topological polar surface area (TPSA) is 31.9 Å². The lowest BCUT2D eigenvalue weighted by Gasteiger charge is -2.17. The van der Waals surface area contributed by atoms with Crippen molar-refractivity contribution in [1.82, 2.24) is 9.97 Å². The molecule has 0 atom stereocenters. The number of nitrogens with one attached hydrogen (secondary N) is 1. The van der Waals surface area contributed by atoms with Crippen molar-refractivity contribution in [2.24, 2.45) is 0 Å². The van der Waals surface area contributed by atoms with Gasteiger partial charge in [-0.2, -0.15) is 0 Å². The molecule has 2 aromatic rings. The van der Waals surface area contributed by atoms with Crippen molar-refractivity contribution < 1.29 is 0 Å². The first-order valence-electron chi connectivity index (χ1n) is 5.70. The van der Waals surface area contributed by atoms with E-state index in [2.05, 4.69) is 45.5 Å². The fourth-order valence-corrected chi connectivity index (χ4v) is 2.19. The Morgan fingerprint density at radius 2 is 1.88 bits per heavy atom. The number of imidazole rings is 1. The Labute approximate surface area is 95.1 Å². The lowest BCUT2D eigenvalue weighted by atomic mass is 10.1. The fraction of sp³-hybridized carbons (Fsp3) is 0.308. The van der Waals surface area contributed by atoms with E-state index in [1.54, 1.807) is 0 Å². The molecule has 0 aliphatic carbocycles. The quantitative estimate of drug-likeness (QED) is 0.829. The molecule has 3 heteroatoms. The second-order valence-electron chi connectivity index (χ2n) is 4.14.